The number of hydrogen-bond donors (Lipinski definition) is 2. The Bertz CT molecular complexity index is 767. The number of ether oxygens (including phenoxy) is 1. The summed E-state index contributed by atoms with van der Waals surface area (Å²) in [6.45, 7) is 2.95. The lowest BCUT2D eigenvalue weighted by Gasteiger charge is -2.56. The van der Waals surface area contributed by atoms with Crippen molar-refractivity contribution in [2.75, 3.05) is 11.9 Å². The molecule has 0 aromatic carbocycles. The molecule has 0 radical (unpaired) electrons. The van der Waals surface area contributed by atoms with E-state index in [4.69, 9.17) is 9.26 Å². The first-order valence-electron chi connectivity index (χ1n) is 10.5. The van der Waals surface area contributed by atoms with Gasteiger partial charge in [0, 0.05) is 12.5 Å². The van der Waals surface area contributed by atoms with Crippen LogP contribution in [-0.2, 0) is 19.1 Å². The molecule has 8 nitrogen and oxygen atoms in total. The lowest BCUT2D eigenvalue weighted by atomic mass is 9.49. The number of esters is 1. The van der Waals surface area contributed by atoms with Crippen LogP contribution in [0.3, 0.4) is 0 Å². The van der Waals surface area contributed by atoms with Gasteiger partial charge in [0.05, 0.1) is 0 Å². The van der Waals surface area contributed by atoms with E-state index in [1.54, 1.807) is 13.0 Å². The predicted molar refractivity (Wildman–Crippen MR) is 104 cm³/mol. The standard InChI is InChI=1S/C21H29N3O5/c1-12-3-17(24-29-12)23-20(27)13(2)28-19(26)11-22-18(25)10-21-7-14-4-15(8-21)6-16(5-14)9-21/h3,13-16H,4-11H2,1-2H3,(H,22,25)(H,23,24,27)/t13-,14?,15?,16?,21?/m0/s1. The van der Waals surface area contributed by atoms with Crippen molar-refractivity contribution in [1.82, 2.24) is 10.5 Å². The summed E-state index contributed by atoms with van der Waals surface area (Å²) >= 11 is 0. The summed E-state index contributed by atoms with van der Waals surface area (Å²) in [4.78, 5) is 36.6. The van der Waals surface area contributed by atoms with Crippen LogP contribution in [0.2, 0.25) is 0 Å². The average Bonchev–Trinajstić information content (AvgIpc) is 3.03. The maximum atomic E-state index is 12.5. The second kappa shape index (κ2) is 7.80. The fraction of sp³-hybridized carbons (Fsp3) is 0.714. The number of nitrogens with zero attached hydrogens (tertiary/aromatic N) is 1. The molecular weight excluding hydrogens is 374 g/mol. The molecule has 0 spiro atoms. The molecule has 1 aromatic rings. The molecule has 2 amide bonds. The Hall–Kier alpha value is -2.38. The van der Waals surface area contributed by atoms with Gasteiger partial charge in [0.2, 0.25) is 5.91 Å². The van der Waals surface area contributed by atoms with Crippen LogP contribution in [0, 0.1) is 30.1 Å². The topological polar surface area (TPSA) is 111 Å². The molecule has 4 fully saturated rings. The van der Waals surface area contributed by atoms with Crippen LogP contribution in [0.25, 0.3) is 0 Å². The highest BCUT2D eigenvalue weighted by Gasteiger charge is 2.51. The summed E-state index contributed by atoms with van der Waals surface area (Å²) in [5, 5.41) is 8.85. The van der Waals surface area contributed by atoms with Gasteiger partial charge in [0.15, 0.2) is 11.9 Å². The maximum Gasteiger partial charge on any atom is 0.326 e. The number of nitrogens with one attached hydrogen (secondary N) is 2. The van der Waals surface area contributed by atoms with Crippen LogP contribution < -0.4 is 10.6 Å². The van der Waals surface area contributed by atoms with Crippen molar-refractivity contribution in [3.8, 4) is 0 Å². The highest BCUT2D eigenvalue weighted by molar-refractivity contribution is 5.94. The molecule has 4 saturated carbocycles. The Morgan fingerprint density at radius 3 is 2.38 bits per heavy atom. The van der Waals surface area contributed by atoms with E-state index in [9.17, 15) is 14.4 Å². The van der Waals surface area contributed by atoms with Crippen molar-refractivity contribution in [2.24, 2.45) is 23.2 Å². The van der Waals surface area contributed by atoms with Gasteiger partial charge in [-0.15, -0.1) is 0 Å². The van der Waals surface area contributed by atoms with Crippen molar-refractivity contribution in [1.29, 1.82) is 0 Å². The average molecular weight is 403 g/mol. The second-order valence-corrected chi connectivity index (χ2v) is 9.32. The Balaban J connectivity index is 1.20. The molecule has 4 aliphatic carbocycles. The Kier molecular flexibility index (Phi) is 5.36. The number of amides is 2. The first kappa shape index (κ1) is 19.9. The SMILES string of the molecule is Cc1cc(NC(=O)[C@H](C)OC(=O)CNC(=O)CC23CC4CC(CC(C4)C2)C3)no1. The van der Waals surface area contributed by atoms with Gasteiger partial charge >= 0.3 is 5.97 Å². The van der Waals surface area contributed by atoms with Gasteiger partial charge in [-0.2, -0.15) is 0 Å². The van der Waals surface area contributed by atoms with Gasteiger partial charge < -0.3 is 19.9 Å². The van der Waals surface area contributed by atoms with E-state index in [1.165, 1.54) is 26.2 Å². The zero-order valence-electron chi connectivity index (χ0n) is 17.0. The van der Waals surface area contributed by atoms with E-state index in [0.717, 1.165) is 37.0 Å². The zero-order chi connectivity index (χ0) is 20.6. The van der Waals surface area contributed by atoms with E-state index >= 15 is 0 Å². The van der Waals surface area contributed by atoms with Crippen molar-refractivity contribution in [2.45, 2.75) is 64.9 Å². The fourth-order valence-corrected chi connectivity index (χ4v) is 6.03. The molecule has 1 atom stereocenters. The van der Waals surface area contributed by atoms with E-state index in [-0.39, 0.29) is 23.7 Å². The summed E-state index contributed by atoms with van der Waals surface area (Å²) in [6, 6.07) is 1.57. The summed E-state index contributed by atoms with van der Waals surface area (Å²) in [7, 11) is 0. The normalized spacial score (nSPS) is 30.6. The monoisotopic (exact) mass is 403 g/mol. The number of carbonyl (C=O) groups is 3. The molecule has 158 valence electrons. The number of aromatic nitrogens is 1. The van der Waals surface area contributed by atoms with E-state index < -0.39 is 18.0 Å². The summed E-state index contributed by atoms with van der Waals surface area (Å²) < 4.78 is 9.98. The Labute approximate surface area is 170 Å². The molecule has 5 rings (SSSR count). The Morgan fingerprint density at radius 2 is 1.83 bits per heavy atom. The van der Waals surface area contributed by atoms with Crippen LogP contribution in [0.15, 0.2) is 10.6 Å². The number of rotatable bonds is 7. The quantitative estimate of drug-likeness (QED) is 0.677. The molecule has 0 aliphatic heterocycles. The van der Waals surface area contributed by atoms with Gasteiger partial charge in [-0.3, -0.25) is 14.4 Å². The number of aryl methyl sites for hydroxylation is 1. The molecule has 8 heteroatoms. The van der Waals surface area contributed by atoms with Crippen molar-refractivity contribution in [3.05, 3.63) is 11.8 Å². The predicted octanol–water partition coefficient (Wildman–Crippen LogP) is 2.58. The zero-order valence-corrected chi connectivity index (χ0v) is 17.0. The third kappa shape index (κ3) is 4.62. The minimum absolute atomic E-state index is 0.0981. The number of anilines is 1. The second-order valence-electron chi connectivity index (χ2n) is 9.32. The highest BCUT2D eigenvalue weighted by Crippen LogP contribution is 2.61. The van der Waals surface area contributed by atoms with E-state index in [1.807, 2.05) is 0 Å². The number of carbonyl (C=O) groups excluding carboxylic acids is 3. The molecule has 0 unspecified atom stereocenters. The van der Waals surface area contributed by atoms with Crippen LogP contribution in [0.4, 0.5) is 5.82 Å². The lowest BCUT2D eigenvalue weighted by Crippen LogP contribution is -2.48. The van der Waals surface area contributed by atoms with Crippen LogP contribution in [0.5, 0.6) is 0 Å². The minimum atomic E-state index is -1.00. The number of hydrogen-bond acceptors (Lipinski definition) is 6. The fourth-order valence-electron chi connectivity index (χ4n) is 6.03. The van der Waals surface area contributed by atoms with Gasteiger partial charge in [0.1, 0.15) is 12.3 Å². The largest absolute Gasteiger partial charge is 0.451 e. The van der Waals surface area contributed by atoms with Crippen LogP contribution in [-0.4, -0.2) is 35.6 Å². The molecule has 1 heterocycles. The third-order valence-corrected chi connectivity index (χ3v) is 6.69. The van der Waals surface area contributed by atoms with Crippen LogP contribution in [0.1, 0.15) is 57.6 Å². The molecule has 29 heavy (non-hydrogen) atoms. The first-order valence-corrected chi connectivity index (χ1v) is 10.5. The van der Waals surface area contributed by atoms with Crippen LogP contribution >= 0.6 is 0 Å². The summed E-state index contributed by atoms with van der Waals surface area (Å²) in [5.74, 6) is 1.94. The molecule has 4 bridgehead atoms. The molecule has 4 aliphatic rings. The molecule has 1 aromatic heterocycles. The third-order valence-electron chi connectivity index (χ3n) is 6.69. The van der Waals surface area contributed by atoms with Crippen molar-refractivity contribution in [3.63, 3.8) is 0 Å². The molecule has 0 saturated heterocycles. The highest BCUT2D eigenvalue weighted by atomic mass is 16.5. The van der Waals surface area contributed by atoms with Gasteiger partial charge in [-0.25, -0.2) is 0 Å². The summed E-state index contributed by atoms with van der Waals surface area (Å²) in [5.41, 5.74) is 0.131. The molecule has 2 N–H and O–H groups in total. The van der Waals surface area contributed by atoms with Crippen molar-refractivity contribution >= 4 is 23.6 Å². The summed E-state index contributed by atoms with van der Waals surface area (Å²) in [6.07, 6.45) is 6.94. The van der Waals surface area contributed by atoms with Gasteiger partial charge in [0.25, 0.3) is 5.91 Å². The lowest BCUT2D eigenvalue weighted by molar-refractivity contribution is -0.153. The van der Waals surface area contributed by atoms with Gasteiger partial charge in [-0.05, 0) is 75.5 Å². The van der Waals surface area contributed by atoms with Crippen molar-refractivity contribution < 1.29 is 23.6 Å². The van der Waals surface area contributed by atoms with E-state index in [0.29, 0.717) is 12.2 Å². The van der Waals surface area contributed by atoms with E-state index in [2.05, 4.69) is 15.8 Å². The molecular formula is C21H29N3O5. The maximum absolute atomic E-state index is 12.5. The first-order chi connectivity index (χ1) is 13.8. The Morgan fingerprint density at radius 1 is 1.21 bits per heavy atom. The smallest absolute Gasteiger partial charge is 0.326 e. The minimum Gasteiger partial charge on any atom is -0.451 e. The van der Waals surface area contributed by atoms with Gasteiger partial charge in [-0.1, -0.05) is 5.16 Å².